The number of rotatable bonds is 4. The molecule has 0 saturated carbocycles. The number of carbonyl (C=O) groups is 1. The van der Waals surface area contributed by atoms with Crippen molar-refractivity contribution in [2.24, 2.45) is 0 Å². The molecule has 0 spiro atoms. The maximum Gasteiger partial charge on any atom is 0.407 e. The molecule has 0 aromatic heterocycles. The van der Waals surface area contributed by atoms with E-state index in [-0.39, 0.29) is 16.7 Å². The van der Waals surface area contributed by atoms with Gasteiger partial charge in [-0.3, -0.25) is 0 Å². The van der Waals surface area contributed by atoms with Gasteiger partial charge in [0, 0.05) is 18.5 Å². The lowest BCUT2D eigenvalue weighted by atomic mass is 10.2. The zero-order valence-corrected chi connectivity index (χ0v) is 14.1. The summed E-state index contributed by atoms with van der Waals surface area (Å²) in [7, 11) is 0. The third-order valence-electron chi connectivity index (χ3n) is 2.95. The first-order valence-electron chi connectivity index (χ1n) is 7.14. The van der Waals surface area contributed by atoms with Gasteiger partial charge in [-0.15, -0.1) is 0 Å². The molecule has 3 nitrogen and oxygen atoms in total. The van der Waals surface area contributed by atoms with Crippen molar-refractivity contribution in [3.63, 3.8) is 0 Å². The van der Waals surface area contributed by atoms with Crippen LogP contribution in [0.2, 0.25) is 10.0 Å². The first-order valence-corrected chi connectivity index (χ1v) is 7.90. The van der Waals surface area contributed by atoms with E-state index in [0.717, 1.165) is 5.56 Å². The van der Waals surface area contributed by atoms with Crippen molar-refractivity contribution in [2.45, 2.75) is 13.0 Å². The summed E-state index contributed by atoms with van der Waals surface area (Å²) in [5.74, 6) is 4.96. The van der Waals surface area contributed by atoms with Crippen LogP contribution in [0.15, 0.2) is 42.5 Å². The largest absolute Gasteiger partial charge is 0.445 e. The fourth-order valence-corrected chi connectivity index (χ4v) is 2.11. The van der Waals surface area contributed by atoms with Gasteiger partial charge in [-0.1, -0.05) is 65.4 Å². The molecule has 0 heterocycles. The molecule has 2 aromatic rings. The Bertz CT molecular complexity index is 747. The Labute approximate surface area is 149 Å². The van der Waals surface area contributed by atoms with Crippen LogP contribution in [0.25, 0.3) is 0 Å². The van der Waals surface area contributed by atoms with Crippen LogP contribution in [0, 0.1) is 17.7 Å². The van der Waals surface area contributed by atoms with Crippen molar-refractivity contribution >= 4 is 29.3 Å². The molecule has 0 atom stereocenters. The molecule has 24 heavy (non-hydrogen) atoms. The van der Waals surface area contributed by atoms with Crippen LogP contribution in [0.5, 0.6) is 0 Å². The Balaban J connectivity index is 1.72. The van der Waals surface area contributed by atoms with Crippen LogP contribution < -0.4 is 5.32 Å². The molecule has 0 bridgehead atoms. The Morgan fingerprint density at radius 3 is 2.67 bits per heavy atom. The summed E-state index contributed by atoms with van der Waals surface area (Å²) in [5.41, 5.74) is 1.34. The predicted octanol–water partition coefficient (Wildman–Crippen LogP) is 4.80. The first-order chi connectivity index (χ1) is 11.6. The molecule has 2 rings (SSSR count). The third kappa shape index (κ3) is 5.77. The average Bonchev–Trinajstić information content (AvgIpc) is 2.58. The number of amides is 1. The van der Waals surface area contributed by atoms with Crippen molar-refractivity contribution in [2.75, 3.05) is 6.54 Å². The van der Waals surface area contributed by atoms with Gasteiger partial charge in [0.15, 0.2) is 0 Å². The number of benzene rings is 2. The van der Waals surface area contributed by atoms with Gasteiger partial charge in [0.1, 0.15) is 12.4 Å². The van der Waals surface area contributed by atoms with E-state index in [1.165, 1.54) is 12.1 Å². The molecule has 0 aliphatic carbocycles. The van der Waals surface area contributed by atoms with Gasteiger partial charge in [-0.25, -0.2) is 9.18 Å². The zero-order chi connectivity index (χ0) is 17.4. The normalized spacial score (nSPS) is 9.79. The molecule has 1 amide bonds. The van der Waals surface area contributed by atoms with Crippen molar-refractivity contribution in [1.29, 1.82) is 0 Å². The minimum absolute atomic E-state index is 0.114. The second kappa shape index (κ2) is 9.17. The van der Waals surface area contributed by atoms with Crippen LogP contribution in [0.1, 0.15) is 17.5 Å². The lowest BCUT2D eigenvalue weighted by Gasteiger charge is -2.05. The van der Waals surface area contributed by atoms with Gasteiger partial charge in [-0.2, -0.15) is 0 Å². The number of hydrogen-bond donors (Lipinski definition) is 1. The smallest absolute Gasteiger partial charge is 0.407 e. The quantitative estimate of drug-likeness (QED) is 0.480. The van der Waals surface area contributed by atoms with E-state index in [9.17, 15) is 9.18 Å². The molecule has 0 saturated heterocycles. The van der Waals surface area contributed by atoms with Crippen LogP contribution in [0.3, 0.4) is 0 Å². The van der Waals surface area contributed by atoms with Gasteiger partial charge < -0.3 is 10.1 Å². The minimum Gasteiger partial charge on any atom is -0.445 e. The van der Waals surface area contributed by atoms with E-state index >= 15 is 0 Å². The summed E-state index contributed by atoms with van der Waals surface area (Å²) in [6.07, 6.45) is -0.122. The maximum atomic E-state index is 13.4. The summed E-state index contributed by atoms with van der Waals surface area (Å²) in [4.78, 5) is 11.5. The van der Waals surface area contributed by atoms with Crippen LogP contribution >= 0.6 is 23.2 Å². The number of halogens is 3. The van der Waals surface area contributed by atoms with E-state index in [4.69, 9.17) is 27.9 Å². The topological polar surface area (TPSA) is 38.3 Å². The number of carbonyl (C=O) groups excluding carboxylic acids is 1. The van der Waals surface area contributed by atoms with Gasteiger partial charge in [0.25, 0.3) is 0 Å². The second-order valence-corrected chi connectivity index (χ2v) is 5.58. The van der Waals surface area contributed by atoms with E-state index in [1.807, 2.05) is 30.3 Å². The highest BCUT2D eigenvalue weighted by molar-refractivity contribution is 6.42. The molecule has 0 aliphatic heterocycles. The minimum atomic E-state index is -0.615. The highest BCUT2D eigenvalue weighted by Crippen LogP contribution is 2.25. The molecule has 0 unspecified atom stereocenters. The molecule has 1 N–H and O–H groups in total. The Hall–Kier alpha value is -2.22. The molecule has 0 radical (unpaired) electrons. The Morgan fingerprint density at radius 2 is 1.96 bits per heavy atom. The second-order valence-electron chi connectivity index (χ2n) is 4.79. The fraction of sp³-hybridized carbons (Fsp3) is 0.167. The molecular formula is C18H14Cl2FNO2. The number of alkyl carbamates (subject to hydrolysis) is 1. The van der Waals surface area contributed by atoms with E-state index < -0.39 is 11.9 Å². The standard InChI is InChI=1S/C18H14Cl2FNO2/c19-15-10-14(11-16(21)17(15)20)8-4-5-9-22-18(23)24-12-13-6-2-1-3-7-13/h1-3,6-7,10-11H,5,9,12H2,(H,22,23). The number of nitrogens with one attached hydrogen (secondary N) is 1. The van der Waals surface area contributed by atoms with Crippen molar-refractivity contribution in [3.8, 4) is 11.8 Å². The summed E-state index contributed by atoms with van der Waals surface area (Å²) in [6, 6.07) is 12.1. The Morgan fingerprint density at radius 1 is 1.21 bits per heavy atom. The number of hydrogen-bond acceptors (Lipinski definition) is 2. The van der Waals surface area contributed by atoms with Crippen molar-refractivity contribution in [1.82, 2.24) is 5.32 Å². The van der Waals surface area contributed by atoms with Crippen LogP contribution in [0.4, 0.5) is 9.18 Å². The van der Waals surface area contributed by atoms with Crippen molar-refractivity contribution < 1.29 is 13.9 Å². The molecule has 2 aromatic carbocycles. The van der Waals surface area contributed by atoms with Gasteiger partial charge >= 0.3 is 6.09 Å². The first kappa shape index (κ1) is 18.1. The highest BCUT2D eigenvalue weighted by atomic mass is 35.5. The summed E-state index contributed by atoms with van der Waals surface area (Å²) >= 11 is 11.4. The fourth-order valence-electron chi connectivity index (χ4n) is 1.79. The van der Waals surface area contributed by atoms with E-state index in [2.05, 4.69) is 17.2 Å². The lowest BCUT2D eigenvalue weighted by molar-refractivity contribution is 0.140. The van der Waals surface area contributed by atoms with Crippen LogP contribution in [-0.2, 0) is 11.3 Å². The SMILES string of the molecule is O=C(NCCC#Cc1cc(F)c(Cl)c(Cl)c1)OCc1ccccc1. The highest BCUT2D eigenvalue weighted by Gasteiger charge is 2.05. The lowest BCUT2D eigenvalue weighted by Crippen LogP contribution is -2.24. The number of ether oxygens (including phenoxy) is 1. The molecule has 0 aliphatic rings. The molecule has 124 valence electrons. The zero-order valence-electron chi connectivity index (χ0n) is 12.6. The van der Waals surface area contributed by atoms with E-state index in [1.54, 1.807) is 0 Å². The summed E-state index contributed by atoms with van der Waals surface area (Å²) in [6.45, 7) is 0.533. The Kier molecular flexibility index (Phi) is 6.92. The predicted molar refractivity (Wildman–Crippen MR) is 92.5 cm³/mol. The van der Waals surface area contributed by atoms with Crippen LogP contribution in [-0.4, -0.2) is 12.6 Å². The monoisotopic (exact) mass is 365 g/mol. The average molecular weight is 366 g/mol. The summed E-state index contributed by atoms with van der Waals surface area (Å²) in [5, 5.41) is 2.58. The summed E-state index contributed by atoms with van der Waals surface area (Å²) < 4.78 is 18.4. The van der Waals surface area contributed by atoms with E-state index in [0.29, 0.717) is 18.5 Å². The van der Waals surface area contributed by atoms with Crippen molar-refractivity contribution in [3.05, 3.63) is 69.5 Å². The molecule has 6 heteroatoms. The van der Waals surface area contributed by atoms with Gasteiger partial charge in [0.2, 0.25) is 0 Å². The van der Waals surface area contributed by atoms with Gasteiger partial charge in [-0.05, 0) is 17.7 Å². The molecule has 0 fully saturated rings. The third-order valence-corrected chi connectivity index (χ3v) is 3.73. The molecular weight excluding hydrogens is 352 g/mol. The maximum absolute atomic E-state index is 13.4. The van der Waals surface area contributed by atoms with Gasteiger partial charge in [0.05, 0.1) is 10.0 Å².